The van der Waals surface area contributed by atoms with Crippen LogP contribution < -0.4 is 25.0 Å². The molecule has 0 spiro atoms. The van der Waals surface area contributed by atoms with E-state index in [-0.39, 0.29) is 23.6 Å². The van der Waals surface area contributed by atoms with Crippen LogP contribution in [0, 0.1) is 6.92 Å². The molecule has 10 heteroatoms. The third-order valence-corrected chi connectivity index (χ3v) is 5.71. The Kier molecular flexibility index (Phi) is 7.55. The molecule has 1 fully saturated rings. The van der Waals surface area contributed by atoms with E-state index in [0.717, 1.165) is 4.90 Å². The van der Waals surface area contributed by atoms with Gasteiger partial charge in [-0.05, 0) is 48.9 Å². The number of hydrogen-bond donors (Lipinski definition) is 2. The van der Waals surface area contributed by atoms with Gasteiger partial charge in [0, 0.05) is 10.6 Å². The van der Waals surface area contributed by atoms with Crippen LogP contribution in [-0.4, -0.2) is 37.5 Å². The molecule has 0 aromatic heterocycles. The molecule has 1 aliphatic rings. The highest BCUT2D eigenvalue weighted by Crippen LogP contribution is 2.29. The molecule has 0 unspecified atom stereocenters. The molecule has 0 radical (unpaired) electrons. The first kappa shape index (κ1) is 25.5. The number of amides is 5. The lowest BCUT2D eigenvalue weighted by Gasteiger charge is -2.27. The van der Waals surface area contributed by atoms with Gasteiger partial charge in [0.15, 0.2) is 6.61 Å². The SMILES string of the molecule is COc1ccccc1NC(=O)COc1ccccc1/C=C1\C(=O)NC(=O)N(c2cc(Cl)ccc2C)C1=O. The highest BCUT2D eigenvalue weighted by atomic mass is 35.5. The summed E-state index contributed by atoms with van der Waals surface area (Å²) in [4.78, 5) is 51.7. The number of nitrogens with one attached hydrogen (secondary N) is 2. The number of carbonyl (C=O) groups excluding carboxylic acids is 4. The van der Waals surface area contributed by atoms with Gasteiger partial charge in [0.25, 0.3) is 17.7 Å². The molecule has 5 amide bonds. The number of anilines is 2. The van der Waals surface area contributed by atoms with Gasteiger partial charge in [-0.2, -0.15) is 0 Å². The molecule has 4 rings (SSSR count). The standard InChI is InChI=1S/C27H22ClN3O6/c1-16-11-12-18(28)14-21(16)31-26(34)19(25(33)30-27(31)35)13-17-7-3-5-9-22(17)37-15-24(32)29-20-8-4-6-10-23(20)36-2/h3-14H,15H2,1-2H3,(H,29,32)(H,30,33,35)/b19-13+. The summed E-state index contributed by atoms with van der Waals surface area (Å²) >= 11 is 6.07. The van der Waals surface area contributed by atoms with Crippen molar-refractivity contribution < 1.29 is 28.7 Å². The van der Waals surface area contributed by atoms with Crippen LogP contribution in [0.4, 0.5) is 16.2 Å². The van der Waals surface area contributed by atoms with E-state index in [1.54, 1.807) is 67.6 Å². The molecule has 0 saturated carbocycles. The summed E-state index contributed by atoms with van der Waals surface area (Å²) in [7, 11) is 1.50. The minimum Gasteiger partial charge on any atom is -0.495 e. The molecule has 0 aliphatic carbocycles. The van der Waals surface area contributed by atoms with E-state index in [2.05, 4.69) is 10.6 Å². The summed E-state index contributed by atoms with van der Waals surface area (Å²) in [6.07, 6.45) is 1.31. The number of nitrogens with zero attached hydrogens (tertiary/aromatic N) is 1. The fourth-order valence-corrected chi connectivity index (χ4v) is 3.83. The van der Waals surface area contributed by atoms with Crippen LogP contribution in [0.25, 0.3) is 6.08 Å². The van der Waals surface area contributed by atoms with Crippen LogP contribution in [0.1, 0.15) is 11.1 Å². The summed E-state index contributed by atoms with van der Waals surface area (Å²) in [6, 6.07) is 17.4. The zero-order valence-electron chi connectivity index (χ0n) is 19.9. The lowest BCUT2D eigenvalue weighted by molar-refractivity contribution is -0.122. The van der Waals surface area contributed by atoms with E-state index in [1.165, 1.54) is 19.3 Å². The lowest BCUT2D eigenvalue weighted by atomic mass is 10.1. The minimum atomic E-state index is -0.880. The van der Waals surface area contributed by atoms with Gasteiger partial charge in [0.05, 0.1) is 18.5 Å². The molecule has 37 heavy (non-hydrogen) atoms. The number of urea groups is 1. The number of hydrogen-bond acceptors (Lipinski definition) is 6. The van der Waals surface area contributed by atoms with Crippen LogP contribution in [0.15, 0.2) is 72.3 Å². The maximum Gasteiger partial charge on any atom is 0.335 e. The topological polar surface area (TPSA) is 114 Å². The summed E-state index contributed by atoms with van der Waals surface area (Å²) < 4.78 is 10.9. The van der Waals surface area contributed by atoms with Gasteiger partial charge < -0.3 is 14.8 Å². The predicted octanol–water partition coefficient (Wildman–Crippen LogP) is 4.34. The van der Waals surface area contributed by atoms with Gasteiger partial charge in [-0.3, -0.25) is 19.7 Å². The fraction of sp³-hybridized carbons (Fsp3) is 0.111. The maximum absolute atomic E-state index is 13.3. The molecule has 1 aliphatic heterocycles. The Labute approximate surface area is 217 Å². The van der Waals surface area contributed by atoms with Crippen molar-refractivity contribution in [2.45, 2.75) is 6.92 Å². The minimum absolute atomic E-state index is 0.256. The number of imide groups is 2. The lowest BCUT2D eigenvalue weighted by Crippen LogP contribution is -2.54. The predicted molar refractivity (Wildman–Crippen MR) is 139 cm³/mol. The fourth-order valence-electron chi connectivity index (χ4n) is 3.66. The first-order valence-corrected chi connectivity index (χ1v) is 11.5. The number of ether oxygens (including phenoxy) is 2. The van der Waals surface area contributed by atoms with Crippen LogP contribution in [0.3, 0.4) is 0 Å². The molecule has 188 valence electrons. The van der Waals surface area contributed by atoms with Gasteiger partial charge in [0.2, 0.25) is 0 Å². The van der Waals surface area contributed by atoms with Gasteiger partial charge in [-0.15, -0.1) is 0 Å². The van der Waals surface area contributed by atoms with Crippen molar-refractivity contribution in [3.05, 3.63) is 88.5 Å². The van der Waals surface area contributed by atoms with Crippen molar-refractivity contribution in [3.63, 3.8) is 0 Å². The molecule has 9 nitrogen and oxygen atoms in total. The first-order valence-electron chi connectivity index (χ1n) is 11.1. The van der Waals surface area contributed by atoms with Gasteiger partial charge in [-0.25, -0.2) is 9.69 Å². The number of carbonyl (C=O) groups is 4. The molecular weight excluding hydrogens is 498 g/mol. The Morgan fingerprint density at radius 2 is 1.73 bits per heavy atom. The zero-order valence-corrected chi connectivity index (χ0v) is 20.7. The second-order valence-electron chi connectivity index (χ2n) is 7.96. The number of methoxy groups -OCH3 is 1. The van der Waals surface area contributed by atoms with Crippen molar-refractivity contribution in [3.8, 4) is 11.5 Å². The van der Waals surface area contributed by atoms with E-state index in [0.29, 0.717) is 27.6 Å². The molecule has 1 heterocycles. The van der Waals surface area contributed by atoms with E-state index < -0.39 is 23.8 Å². The Morgan fingerprint density at radius 1 is 1.03 bits per heavy atom. The number of benzene rings is 3. The number of rotatable bonds is 7. The number of barbiturate groups is 1. The molecule has 2 N–H and O–H groups in total. The Morgan fingerprint density at radius 3 is 2.49 bits per heavy atom. The monoisotopic (exact) mass is 519 g/mol. The molecule has 1 saturated heterocycles. The summed E-state index contributed by atoms with van der Waals surface area (Å²) in [6.45, 7) is 1.37. The zero-order chi connectivity index (χ0) is 26.5. The Balaban J connectivity index is 1.57. The van der Waals surface area contributed by atoms with E-state index >= 15 is 0 Å². The molecule has 3 aromatic rings. The van der Waals surface area contributed by atoms with E-state index in [1.807, 2.05) is 0 Å². The smallest absolute Gasteiger partial charge is 0.335 e. The summed E-state index contributed by atoms with van der Waals surface area (Å²) in [5, 5.41) is 5.22. The van der Waals surface area contributed by atoms with Crippen LogP contribution in [0.5, 0.6) is 11.5 Å². The second-order valence-corrected chi connectivity index (χ2v) is 8.40. The number of halogens is 1. The molecular formula is C27H22ClN3O6. The normalized spacial score (nSPS) is 14.4. The van der Waals surface area contributed by atoms with E-state index in [9.17, 15) is 19.2 Å². The van der Waals surface area contributed by atoms with E-state index in [4.69, 9.17) is 21.1 Å². The van der Waals surface area contributed by atoms with Crippen molar-refractivity contribution >= 4 is 52.8 Å². The van der Waals surface area contributed by atoms with Crippen LogP contribution in [-0.2, 0) is 14.4 Å². The Hall–Kier alpha value is -4.63. The average Bonchev–Trinajstić information content (AvgIpc) is 2.88. The number of aryl methyl sites for hydroxylation is 1. The third kappa shape index (κ3) is 5.62. The van der Waals surface area contributed by atoms with Gasteiger partial charge in [-0.1, -0.05) is 48.0 Å². The van der Waals surface area contributed by atoms with Crippen molar-refractivity contribution in [2.24, 2.45) is 0 Å². The molecule has 0 atom stereocenters. The average molecular weight is 520 g/mol. The van der Waals surface area contributed by atoms with Crippen LogP contribution in [0.2, 0.25) is 5.02 Å². The Bertz CT molecular complexity index is 1440. The first-order chi connectivity index (χ1) is 17.8. The van der Waals surface area contributed by atoms with Crippen molar-refractivity contribution in [1.82, 2.24) is 5.32 Å². The third-order valence-electron chi connectivity index (χ3n) is 5.47. The van der Waals surface area contributed by atoms with Crippen LogP contribution >= 0.6 is 11.6 Å². The van der Waals surface area contributed by atoms with Crippen molar-refractivity contribution in [2.75, 3.05) is 23.9 Å². The highest BCUT2D eigenvalue weighted by molar-refractivity contribution is 6.39. The second kappa shape index (κ2) is 11.0. The largest absolute Gasteiger partial charge is 0.495 e. The van der Waals surface area contributed by atoms with Gasteiger partial charge in [0.1, 0.15) is 17.1 Å². The number of para-hydroxylation sites is 3. The molecule has 0 bridgehead atoms. The van der Waals surface area contributed by atoms with Gasteiger partial charge >= 0.3 is 6.03 Å². The molecule has 3 aromatic carbocycles. The van der Waals surface area contributed by atoms with Crippen molar-refractivity contribution in [1.29, 1.82) is 0 Å². The summed E-state index contributed by atoms with van der Waals surface area (Å²) in [5.74, 6) is -1.35. The maximum atomic E-state index is 13.3. The summed E-state index contributed by atoms with van der Waals surface area (Å²) in [5.41, 5.74) is 1.44. The quantitative estimate of drug-likeness (QED) is 0.354. The highest BCUT2D eigenvalue weighted by Gasteiger charge is 2.37.